The van der Waals surface area contributed by atoms with Crippen LogP contribution in [0.5, 0.6) is 11.5 Å². The minimum atomic E-state index is -0.256. The molecule has 0 aliphatic rings. The third kappa shape index (κ3) is 5.11. The first-order chi connectivity index (χ1) is 10.7. The molecule has 0 bridgehead atoms. The molecular weight excluding hydrogens is 348 g/mol. The van der Waals surface area contributed by atoms with E-state index in [4.69, 9.17) is 14.7 Å². The van der Waals surface area contributed by atoms with Crippen LogP contribution in [-0.2, 0) is 4.79 Å². The molecule has 0 aliphatic carbocycles. The highest BCUT2D eigenvalue weighted by Gasteiger charge is 2.04. The highest BCUT2D eigenvalue weighted by Crippen LogP contribution is 2.17. The normalized spacial score (nSPS) is 9.64. The minimum absolute atomic E-state index is 0.00721. The van der Waals surface area contributed by atoms with Crippen molar-refractivity contribution in [1.82, 2.24) is 0 Å². The van der Waals surface area contributed by atoms with Crippen molar-refractivity contribution in [3.8, 4) is 17.6 Å². The van der Waals surface area contributed by atoms with Crippen molar-refractivity contribution in [1.29, 1.82) is 5.26 Å². The number of anilines is 1. The summed E-state index contributed by atoms with van der Waals surface area (Å²) in [4.78, 5) is 11.8. The first-order valence-electron chi connectivity index (χ1n) is 6.45. The summed E-state index contributed by atoms with van der Waals surface area (Å²) in [5.74, 6) is 0.942. The maximum Gasteiger partial charge on any atom is 0.262 e. The minimum Gasteiger partial charge on any atom is -0.484 e. The summed E-state index contributed by atoms with van der Waals surface area (Å²) in [6.45, 7) is -0.0823. The molecule has 6 heteroatoms. The Morgan fingerprint density at radius 2 is 1.64 bits per heavy atom. The van der Waals surface area contributed by atoms with Crippen LogP contribution < -0.4 is 14.8 Å². The van der Waals surface area contributed by atoms with E-state index < -0.39 is 0 Å². The third-order valence-electron chi connectivity index (χ3n) is 2.63. The second-order valence-corrected chi connectivity index (χ2v) is 5.18. The predicted molar refractivity (Wildman–Crippen MR) is 85.8 cm³/mol. The highest BCUT2D eigenvalue weighted by molar-refractivity contribution is 9.10. The average molecular weight is 361 g/mol. The summed E-state index contributed by atoms with van der Waals surface area (Å²) >= 11 is 3.33. The first kappa shape index (κ1) is 15.9. The number of ether oxygens (including phenoxy) is 2. The molecule has 0 aromatic heterocycles. The molecular formula is C16H13BrN2O3. The molecule has 0 fully saturated rings. The van der Waals surface area contributed by atoms with Gasteiger partial charge in [-0.2, -0.15) is 5.26 Å². The molecule has 0 spiro atoms. The number of benzene rings is 2. The van der Waals surface area contributed by atoms with Crippen molar-refractivity contribution < 1.29 is 14.3 Å². The number of carbonyl (C=O) groups is 1. The van der Waals surface area contributed by atoms with Gasteiger partial charge in [0.15, 0.2) is 13.2 Å². The molecule has 0 unspecified atom stereocenters. The molecule has 0 saturated carbocycles. The number of nitrogens with zero attached hydrogens (tertiary/aromatic N) is 1. The van der Waals surface area contributed by atoms with Crippen molar-refractivity contribution in [3.63, 3.8) is 0 Å². The molecule has 0 radical (unpaired) electrons. The Labute approximate surface area is 136 Å². The van der Waals surface area contributed by atoms with Crippen molar-refractivity contribution >= 4 is 27.5 Å². The molecule has 2 rings (SSSR count). The Bertz CT molecular complexity index is 663. The van der Waals surface area contributed by atoms with E-state index in [2.05, 4.69) is 21.2 Å². The predicted octanol–water partition coefficient (Wildman–Crippen LogP) is 3.37. The van der Waals surface area contributed by atoms with Crippen LogP contribution in [0.15, 0.2) is 53.0 Å². The number of halogens is 1. The number of amides is 1. The van der Waals surface area contributed by atoms with Gasteiger partial charge in [0.05, 0.1) is 0 Å². The Morgan fingerprint density at radius 3 is 2.27 bits per heavy atom. The largest absolute Gasteiger partial charge is 0.484 e. The standard InChI is InChI=1S/C16H13BrN2O3/c17-12-1-5-15(6-2-12)22-11-16(20)19-13-3-7-14(8-4-13)21-10-9-18/h1-8H,10-11H2,(H,19,20). The molecule has 5 nitrogen and oxygen atoms in total. The van der Waals surface area contributed by atoms with E-state index in [1.54, 1.807) is 36.4 Å². The molecule has 1 N–H and O–H groups in total. The maximum atomic E-state index is 11.8. The van der Waals surface area contributed by atoms with Crippen LogP contribution in [0.2, 0.25) is 0 Å². The molecule has 0 aliphatic heterocycles. The van der Waals surface area contributed by atoms with Gasteiger partial charge in [-0.1, -0.05) is 15.9 Å². The van der Waals surface area contributed by atoms with Crippen LogP contribution in [0.3, 0.4) is 0 Å². The molecule has 1 amide bonds. The molecule has 0 saturated heterocycles. The molecule has 2 aromatic carbocycles. The van der Waals surface area contributed by atoms with Crippen molar-refractivity contribution in [2.24, 2.45) is 0 Å². The SMILES string of the molecule is N#CCOc1ccc(NC(=O)COc2ccc(Br)cc2)cc1. The molecule has 0 heterocycles. The van der Waals surface area contributed by atoms with Gasteiger partial charge < -0.3 is 14.8 Å². The number of carbonyl (C=O) groups excluding carboxylic acids is 1. The molecule has 0 atom stereocenters. The van der Waals surface area contributed by atoms with Gasteiger partial charge >= 0.3 is 0 Å². The zero-order valence-corrected chi connectivity index (χ0v) is 13.2. The number of nitriles is 1. The van der Waals surface area contributed by atoms with Gasteiger partial charge in [-0.3, -0.25) is 4.79 Å². The zero-order valence-electron chi connectivity index (χ0n) is 11.6. The number of rotatable bonds is 6. The summed E-state index contributed by atoms with van der Waals surface area (Å²) in [5, 5.41) is 11.1. The fourth-order valence-corrected chi connectivity index (χ4v) is 1.89. The summed E-state index contributed by atoms with van der Waals surface area (Å²) in [6, 6.07) is 15.9. The highest BCUT2D eigenvalue weighted by atomic mass is 79.9. The number of hydrogen-bond donors (Lipinski definition) is 1. The van der Waals surface area contributed by atoms with Gasteiger partial charge in [-0.15, -0.1) is 0 Å². The molecule has 2 aromatic rings. The second-order valence-electron chi connectivity index (χ2n) is 4.26. The number of nitrogens with one attached hydrogen (secondary N) is 1. The Morgan fingerprint density at radius 1 is 1.05 bits per heavy atom. The third-order valence-corrected chi connectivity index (χ3v) is 3.15. The lowest BCUT2D eigenvalue weighted by Gasteiger charge is -2.08. The lowest BCUT2D eigenvalue weighted by atomic mass is 10.3. The van der Waals surface area contributed by atoms with Gasteiger partial charge in [-0.05, 0) is 48.5 Å². The van der Waals surface area contributed by atoms with E-state index in [-0.39, 0.29) is 19.1 Å². The lowest BCUT2D eigenvalue weighted by molar-refractivity contribution is -0.118. The van der Waals surface area contributed by atoms with E-state index in [9.17, 15) is 4.79 Å². The monoisotopic (exact) mass is 360 g/mol. The maximum absolute atomic E-state index is 11.8. The topological polar surface area (TPSA) is 71.3 Å². The van der Waals surface area contributed by atoms with Crippen LogP contribution in [-0.4, -0.2) is 19.1 Å². The van der Waals surface area contributed by atoms with Crippen LogP contribution in [0.1, 0.15) is 0 Å². The first-order valence-corrected chi connectivity index (χ1v) is 7.25. The Kier molecular flexibility index (Phi) is 5.81. The quantitative estimate of drug-likeness (QED) is 0.856. The smallest absolute Gasteiger partial charge is 0.262 e. The summed E-state index contributed by atoms with van der Waals surface area (Å²) in [6.07, 6.45) is 0. The van der Waals surface area contributed by atoms with Crippen LogP contribution in [0.25, 0.3) is 0 Å². The summed E-state index contributed by atoms with van der Waals surface area (Å²) in [7, 11) is 0. The second kappa shape index (κ2) is 8.05. The van der Waals surface area contributed by atoms with Crippen LogP contribution in [0, 0.1) is 11.3 Å². The van der Waals surface area contributed by atoms with Gasteiger partial charge in [0, 0.05) is 10.2 Å². The number of hydrogen-bond acceptors (Lipinski definition) is 4. The van der Waals surface area contributed by atoms with E-state index in [1.165, 1.54) is 0 Å². The average Bonchev–Trinajstić information content (AvgIpc) is 2.54. The lowest BCUT2D eigenvalue weighted by Crippen LogP contribution is -2.20. The van der Waals surface area contributed by atoms with Gasteiger partial charge in [0.1, 0.15) is 17.6 Å². The van der Waals surface area contributed by atoms with Crippen LogP contribution in [0.4, 0.5) is 5.69 Å². The fraction of sp³-hybridized carbons (Fsp3) is 0.125. The Balaban J connectivity index is 1.81. The summed E-state index contributed by atoms with van der Waals surface area (Å²) < 4.78 is 11.5. The van der Waals surface area contributed by atoms with E-state index in [0.29, 0.717) is 17.2 Å². The van der Waals surface area contributed by atoms with Crippen molar-refractivity contribution in [2.45, 2.75) is 0 Å². The van der Waals surface area contributed by atoms with E-state index in [1.807, 2.05) is 18.2 Å². The van der Waals surface area contributed by atoms with E-state index in [0.717, 1.165) is 4.47 Å². The van der Waals surface area contributed by atoms with Crippen molar-refractivity contribution in [3.05, 3.63) is 53.0 Å². The summed E-state index contributed by atoms with van der Waals surface area (Å²) in [5.41, 5.74) is 0.633. The fourth-order valence-electron chi connectivity index (χ4n) is 1.63. The van der Waals surface area contributed by atoms with Gasteiger partial charge in [0.25, 0.3) is 5.91 Å². The Hall–Kier alpha value is -2.52. The van der Waals surface area contributed by atoms with Crippen molar-refractivity contribution in [2.75, 3.05) is 18.5 Å². The van der Waals surface area contributed by atoms with E-state index >= 15 is 0 Å². The van der Waals surface area contributed by atoms with Crippen LogP contribution >= 0.6 is 15.9 Å². The van der Waals surface area contributed by atoms with Gasteiger partial charge in [-0.25, -0.2) is 0 Å². The molecule has 22 heavy (non-hydrogen) atoms. The zero-order chi connectivity index (χ0) is 15.8. The van der Waals surface area contributed by atoms with Gasteiger partial charge in [0.2, 0.25) is 0 Å². The molecule has 112 valence electrons.